The van der Waals surface area contributed by atoms with Crippen molar-refractivity contribution in [3.63, 3.8) is 0 Å². The van der Waals surface area contributed by atoms with E-state index in [0.29, 0.717) is 11.6 Å². The van der Waals surface area contributed by atoms with Crippen molar-refractivity contribution in [1.82, 2.24) is 10.3 Å². The maximum absolute atomic E-state index is 12.7. The molecular weight excluding hydrogens is 579 g/mol. The van der Waals surface area contributed by atoms with E-state index in [-0.39, 0.29) is 17.3 Å². The molecule has 0 aliphatic carbocycles. The van der Waals surface area contributed by atoms with Gasteiger partial charge in [-0.15, -0.1) is 13.2 Å². The molecule has 1 aliphatic heterocycles. The Kier molecular flexibility index (Phi) is 8.47. The van der Waals surface area contributed by atoms with Gasteiger partial charge in [0.25, 0.3) is 0 Å². The Hall–Kier alpha value is -5.46. The summed E-state index contributed by atoms with van der Waals surface area (Å²) in [4.78, 5) is 22.7. The summed E-state index contributed by atoms with van der Waals surface area (Å²) in [5.74, 6) is 1.49. The number of urea groups is 1. The number of methoxy groups -OCH3 is 1. The first-order valence-electron chi connectivity index (χ1n) is 13.3. The molecule has 0 fully saturated rings. The molecular formula is C31H28F3N5O5. The van der Waals surface area contributed by atoms with Crippen LogP contribution < -0.4 is 30.2 Å². The molecule has 3 aromatic carbocycles. The van der Waals surface area contributed by atoms with E-state index in [0.717, 1.165) is 29.0 Å². The lowest BCUT2D eigenvalue weighted by Crippen LogP contribution is -2.38. The third kappa shape index (κ3) is 7.12. The third-order valence-corrected chi connectivity index (χ3v) is 6.66. The number of anilines is 2. The summed E-state index contributed by atoms with van der Waals surface area (Å²) in [6.45, 7) is 3.94. The first-order valence-corrected chi connectivity index (χ1v) is 13.3. The van der Waals surface area contributed by atoms with E-state index in [1.54, 1.807) is 25.3 Å². The summed E-state index contributed by atoms with van der Waals surface area (Å²) >= 11 is 0. The Morgan fingerprint density at radius 1 is 0.909 bits per heavy atom. The van der Waals surface area contributed by atoms with Crippen molar-refractivity contribution in [2.75, 3.05) is 17.7 Å². The van der Waals surface area contributed by atoms with Crippen molar-refractivity contribution in [3.8, 4) is 23.1 Å². The summed E-state index contributed by atoms with van der Waals surface area (Å²) < 4.78 is 52.6. The van der Waals surface area contributed by atoms with E-state index in [2.05, 4.69) is 30.8 Å². The molecule has 1 aromatic heterocycles. The first-order chi connectivity index (χ1) is 21.0. The number of alkyl halides is 3. The lowest BCUT2D eigenvalue weighted by Gasteiger charge is -2.27. The zero-order valence-electron chi connectivity index (χ0n) is 23.8. The number of amides is 2. The topological polar surface area (TPSA) is 115 Å². The van der Waals surface area contributed by atoms with Crippen molar-refractivity contribution in [1.29, 1.82) is 0 Å². The zero-order chi connectivity index (χ0) is 31.3. The molecule has 0 saturated carbocycles. The predicted octanol–water partition coefficient (Wildman–Crippen LogP) is 7.33. The average Bonchev–Trinajstić information content (AvgIpc) is 3.50. The fourth-order valence-corrected chi connectivity index (χ4v) is 4.40. The first kappa shape index (κ1) is 30.0. The molecule has 5 rings (SSSR count). The van der Waals surface area contributed by atoms with Crippen molar-refractivity contribution in [3.05, 3.63) is 102 Å². The largest absolute Gasteiger partial charge is 0.573 e. The second-order valence-electron chi connectivity index (χ2n) is 10.1. The van der Waals surface area contributed by atoms with Crippen LogP contribution in [0.2, 0.25) is 0 Å². The van der Waals surface area contributed by atoms with Crippen LogP contribution in [0, 0.1) is 0 Å². The molecule has 0 spiro atoms. The van der Waals surface area contributed by atoms with Crippen LogP contribution in [0.4, 0.5) is 29.3 Å². The minimum absolute atomic E-state index is 0.119. The van der Waals surface area contributed by atoms with Crippen LogP contribution in [0.25, 0.3) is 0 Å². The zero-order valence-corrected chi connectivity index (χ0v) is 23.8. The molecule has 44 heavy (non-hydrogen) atoms. The SMILES string of the molecule is COc1ccc(C2NC(C(C)(C)c3ccccc3Oc3ncccc3NC(=O)Nc3ccc(OC(F)(F)F)cc3)=NO2)cc1. The van der Waals surface area contributed by atoms with Crippen LogP contribution >= 0.6 is 0 Å². The highest BCUT2D eigenvalue weighted by Gasteiger charge is 2.37. The fraction of sp³-hybridized carbons (Fsp3) is 0.194. The number of hydrogen-bond acceptors (Lipinski definition) is 8. The number of benzene rings is 3. The van der Waals surface area contributed by atoms with E-state index in [4.69, 9.17) is 14.3 Å². The molecule has 4 aromatic rings. The Morgan fingerprint density at radius 3 is 2.32 bits per heavy atom. The monoisotopic (exact) mass is 607 g/mol. The molecule has 10 nitrogen and oxygen atoms in total. The summed E-state index contributed by atoms with van der Waals surface area (Å²) in [7, 11) is 1.60. The summed E-state index contributed by atoms with van der Waals surface area (Å²) in [5.41, 5.74) is 1.45. The standard InChI is InChI=1S/C31H28F3N5O5/c1-30(2,28-38-26(44-39-28)19-10-14-21(41-3)15-11-19)23-7-4-5-9-25(23)42-27-24(8-6-18-35-27)37-29(40)36-20-12-16-22(17-13-20)43-31(32,33)34/h4-18,26H,1-3H3,(H,38,39)(H2,36,37,40). The minimum Gasteiger partial charge on any atom is -0.497 e. The van der Waals surface area contributed by atoms with Gasteiger partial charge >= 0.3 is 12.4 Å². The predicted molar refractivity (Wildman–Crippen MR) is 157 cm³/mol. The van der Waals surface area contributed by atoms with Crippen LogP contribution in [-0.2, 0) is 10.3 Å². The molecule has 0 bridgehead atoms. The van der Waals surface area contributed by atoms with Crippen molar-refractivity contribution >= 4 is 23.2 Å². The molecule has 1 unspecified atom stereocenters. The number of carbonyl (C=O) groups is 1. The van der Waals surface area contributed by atoms with Crippen molar-refractivity contribution in [2.24, 2.45) is 5.16 Å². The van der Waals surface area contributed by atoms with Gasteiger partial charge in [0.2, 0.25) is 12.1 Å². The maximum Gasteiger partial charge on any atom is 0.573 e. The lowest BCUT2D eigenvalue weighted by molar-refractivity contribution is -0.274. The molecule has 2 heterocycles. The normalized spacial score (nSPS) is 14.5. The molecule has 0 radical (unpaired) electrons. The average molecular weight is 608 g/mol. The van der Waals surface area contributed by atoms with Gasteiger partial charge in [-0.25, -0.2) is 9.78 Å². The number of ether oxygens (including phenoxy) is 3. The van der Waals surface area contributed by atoms with Gasteiger partial charge < -0.3 is 35.0 Å². The van der Waals surface area contributed by atoms with Gasteiger partial charge in [-0.2, -0.15) is 0 Å². The van der Waals surface area contributed by atoms with Gasteiger partial charge in [0, 0.05) is 23.0 Å². The highest BCUT2D eigenvalue weighted by atomic mass is 19.4. The third-order valence-electron chi connectivity index (χ3n) is 6.66. The number of amidine groups is 1. The Morgan fingerprint density at radius 2 is 1.61 bits per heavy atom. The lowest BCUT2D eigenvalue weighted by atomic mass is 9.82. The van der Waals surface area contributed by atoms with Crippen LogP contribution in [0.15, 0.2) is 96.3 Å². The van der Waals surface area contributed by atoms with Crippen LogP contribution in [0.1, 0.15) is 31.2 Å². The number of nitrogens with zero attached hydrogens (tertiary/aromatic N) is 2. The number of aromatic nitrogens is 1. The molecule has 1 atom stereocenters. The smallest absolute Gasteiger partial charge is 0.497 e. The molecule has 2 amide bonds. The number of hydrogen-bond donors (Lipinski definition) is 3. The summed E-state index contributed by atoms with van der Waals surface area (Å²) in [5, 5.41) is 12.9. The second-order valence-corrected chi connectivity index (χ2v) is 10.1. The maximum atomic E-state index is 12.7. The number of oxime groups is 1. The van der Waals surface area contributed by atoms with Crippen molar-refractivity contribution < 1.29 is 37.0 Å². The Balaban J connectivity index is 1.28. The van der Waals surface area contributed by atoms with Crippen LogP contribution in [-0.4, -0.2) is 30.3 Å². The van der Waals surface area contributed by atoms with Crippen LogP contribution in [0.3, 0.4) is 0 Å². The number of carbonyl (C=O) groups excluding carboxylic acids is 1. The molecule has 0 saturated heterocycles. The van der Waals surface area contributed by atoms with E-state index in [1.807, 2.05) is 56.3 Å². The second kappa shape index (κ2) is 12.4. The molecule has 1 aliphatic rings. The minimum atomic E-state index is -4.81. The van der Waals surface area contributed by atoms with E-state index >= 15 is 0 Å². The Bertz CT molecular complexity index is 1640. The molecule has 228 valence electrons. The van der Waals surface area contributed by atoms with E-state index < -0.39 is 29.8 Å². The fourth-order valence-electron chi connectivity index (χ4n) is 4.40. The highest BCUT2D eigenvalue weighted by Crippen LogP contribution is 2.38. The van der Waals surface area contributed by atoms with Gasteiger partial charge in [-0.05, 0) is 80.6 Å². The molecule has 3 N–H and O–H groups in total. The van der Waals surface area contributed by atoms with E-state index in [9.17, 15) is 18.0 Å². The van der Waals surface area contributed by atoms with Crippen LogP contribution in [0.5, 0.6) is 23.1 Å². The van der Waals surface area contributed by atoms with Gasteiger partial charge in [0.1, 0.15) is 22.9 Å². The highest BCUT2D eigenvalue weighted by molar-refractivity contribution is 6.00. The van der Waals surface area contributed by atoms with E-state index in [1.165, 1.54) is 18.3 Å². The number of para-hydroxylation sites is 1. The van der Waals surface area contributed by atoms with Gasteiger partial charge in [0.15, 0.2) is 5.84 Å². The quantitative estimate of drug-likeness (QED) is 0.182. The van der Waals surface area contributed by atoms with Gasteiger partial charge in [-0.1, -0.05) is 23.4 Å². The van der Waals surface area contributed by atoms with Gasteiger partial charge in [-0.3, -0.25) is 0 Å². The Labute approximate surface area is 250 Å². The number of rotatable bonds is 9. The van der Waals surface area contributed by atoms with Crippen molar-refractivity contribution in [2.45, 2.75) is 31.9 Å². The number of halogens is 3. The summed E-state index contributed by atoms with van der Waals surface area (Å²) in [6.07, 6.45) is -3.78. The van der Waals surface area contributed by atoms with Gasteiger partial charge in [0.05, 0.1) is 12.5 Å². The summed E-state index contributed by atoms with van der Waals surface area (Å²) in [6, 6.07) is 22.1. The molecule has 13 heteroatoms. The number of nitrogens with one attached hydrogen (secondary N) is 3. The number of pyridine rings is 1.